The van der Waals surface area contributed by atoms with Crippen molar-refractivity contribution in [2.75, 3.05) is 0 Å². The number of rotatable bonds is 2. The minimum Gasteiger partial charge on any atom is -0.360 e. The van der Waals surface area contributed by atoms with Gasteiger partial charge in [0.1, 0.15) is 17.1 Å². The van der Waals surface area contributed by atoms with Crippen molar-refractivity contribution in [2.24, 2.45) is 0 Å². The second kappa shape index (κ2) is 3.16. The maximum Gasteiger partial charge on any atom is 0.140 e. The molecule has 3 rings (SSSR count). The molecule has 2 heterocycles. The number of hydrogen-bond donors (Lipinski definition) is 0. The second-order valence-electron chi connectivity index (χ2n) is 3.53. The molecule has 1 saturated carbocycles. The van der Waals surface area contributed by atoms with E-state index in [1.165, 1.54) is 30.8 Å². The van der Waals surface area contributed by atoms with Crippen LogP contribution in [0.2, 0.25) is 0 Å². The lowest BCUT2D eigenvalue weighted by Crippen LogP contribution is -2.07. The zero-order valence-electron chi connectivity index (χ0n) is 7.51. The van der Waals surface area contributed by atoms with Crippen LogP contribution < -0.4 is 0 Å². The van der Waals surface area contributed by atoms with Crippen LogP contribution in [0.25, 0.3) is 11.4 Å². The molecule has 1 aliphatic carbocycles. The molecular formula is C9H9N3OS. The first kappa shape index (κ1) is 8.11. The molecule has 14 heavy (non-hydrogen) atoms. The molecule has 72 valence electrons. The normalized spacial score (nSPS) is 16.9. The van der Waals surface area contributed by atoms with Crippen molar-refractivity contribution < 1.29 is 4.52 Å². The van der Waals surface area contributed by atoms with E-state index >= 15 is 0 Å². The molecule has 1 fully saturated rings. The summed E-state index contributed by atoms with van der Waals surface area (Å²) in [6.07, 6.45) is 3.76. The summed E-state index contributed by atoms with van der Waals surface area (Å²) in [7, 11) is 0. The summed E-state index contributed by atoms with van der Waals surface area (Å²) in [5, 5.41) is 9.82. The molecule has 0 atom stereocenters. The Morgan fingerprint density at radius 1 is 1.36 bits per heavy atom. The lowest BCUT2D eigenvalue weighted by atomic mass is 9.83. The van der Waals surface area contributed by atoms with E-state index in [0.717, 1.165) is 17.1 Å². The highest BCUT2D eigenvalue weighted by atomic mass is 32.1. The third-order valence-electron chi connectivity index (χ3n) is 2.66. The lowest BCUT2D eigenvalue weighted by molar-refractivity contribution is 0.301. The molecule has 0 radical (unpaired) electrons. The van der Waals surface area contributed by atoms with Crippen LogP contribution in [0.3, 0.4) is 0 Å². The van der Waals surface area contributed by atoms with Crippen LogP contribution >= 0.6 is 11.5 Å². The first-order valence-electron chi connectivity index (χ1n) is 4.67. The average Bonchev–Trinajstić information content (AvgIpc) is 2.65. The van der Waals surface area contributed by atoms with Gasteiger partial charge in [0.2, 0.25) is 0 Å². The van der Waals surface area contributed by atoms with Crippen LogP contribution in [-0.4, -0.2) is 14.7 Å². The fourth-order valence-electron chi connectivity index (χ4n) is 1.57. The molecule has 0 N–H and O–H groups in total. The van der Waals surface area contributed by atoms with Gasteiger partial charge in [-0.1, -0.05) is 16.1 Å². The van der Waals surface area contributed by atoms with E-state index in [1.54, 1.807) is 0 Å². The smallest absolute Gasteiger partial charge is 0.140 e. The van der Waals surface area contributed by atoms with Gasteiger partial charge in [0, 0.05) is 17.4 Å². The Hall–Kier alpha value is -1.23. The van der Waals surface area contributed by atoms with Crippen molar-refractivity contribution >= 4 is 11.5 Å². The van der Waals surface area contributed by atoms with Crippen LogP contribution in [0.15, 0.2) is 16.0 Å². The van der Waals surface area contributed by atoms with E-state index in [2.05, 4.69) is 14.7 Å². The highest BCUT2D eigenvalue weighted by Crippen LogP contribution is 2.37. The molecule has 2 aromatic rings. The third-order valence-corrected chi connectivity index (χ3v) is 3.16. The molecule has 0 aromatic carbocycles. The zero-order chi connectivity index (χ0) is 9.38. The van der Waals surface area contributed by atoms with Crippen LogP contribution in [0.5, 0.6) is 0 Å². The molecule has 0 aliphatic heterocycles. The summed E-state index contributed by atoms with van der Waals surface area (Å²) in [4.78, 5) is 0. The van der Waals surface area contributed by atoms with Crippen molar-refractivity contribution in [1.82, 2.24) is 14.7 Å². The molecule has 0 bridgehead atoms. The van der Waals surface area contributed by atoms with E-state index in [0.29, 0.717) is 5.92 Å². The van der Waals surface area contributed by atoms with E-state index in [9.17, 15) is 0 Å². The monoisotopic (exact) mass is 207 g/mol. The maximum atomic E-state index is 5.28. The number of hydrogen-bond acceptors (Lipinski definition) is 5. The van der Waals surface area contributed by atoms with Gasteiger partial charge in [-0.2, -0.15) is 0 Å². The lowest BCUT2D eigenvalue weighted by Gasteiger charge is -2.21. The number of nitrogens with zero attached hydrogens (tertiary/aromatic N) is 3. The van der Waals surface area contributed by atoms with Gasteiger partial charge in [0.15, 0.2) is 0 Å². The maximum absolute atomic E-state index is 5.28. The SMILES string of the molecule is c1snnc1-c1cc(C2CCC2)on1. The van der Waals surface area contributed by atoms with Gasteiger partial charge in [0.25, 0.3) is 0 Å². The predicted octanol–water partition coefficient (Wildman–Crippen LogP) is 2.46. The summed E-state index contributed by atoms with van der Waals surface area (Å²) >= 11 is 1.33. The molecule has 0 spiro atoms. The second-order valence-corrected chi connectivity index (χ2v) is 4.14. The Balaban J connectivity index is 1.90. The van der Waals surface area contributed by atoms with E-state index in [1.807, 2.05) is 11.4 Å². The molecule has 5 heteroatoms. The van der Waals surface area contributed by atoms with Gasteiger partial charge in [-0.25, -0.2) is 0 Å². The summed E-state index contributed by atoms with van der Waals surface area (Å²) < 4.78 is 9.08. The van der Waals surface area contributed by atoms with Gasteiger partial charge in [-0.15, -0.1) is 5.10 Å². The van der Waals surface area contributed by atoms with Gasteiger partial charge in [0.05, 0.1) is 0 Å². The molecule has 0 unspecified atom stereocenters. The molecule has 0 amide bonds. The topological polar surface area (TPSA) is 51.8 Å². The Bertz CT molecular complexity index is 419. The van der Waals surface area contributed by atoms with Gasteiger partial charge in [-0.05, 0) is 24.4 Å². The van der Waals surface area contributed by atoms with Crippen molar-refractivity contribution in [3.05, 3.63) is 17.2 Å². The quantitative estimate of drug-likeness (QED) is 0.759. The Morgan fingerprint density at radius 3 is 2.93 bits per heavy atom. The Morgan fingerprint density at radius 2 is 2.29 bits per heavy atom. The molecule has 4 nitrogen and oxygen atoms in total. The molecular weight excluding hydrogens is 198 g/mol. The third kappa shape index (κ3) is 1.24. The van der Waals surface area contributed by atoms with Crippen LogP contribution in [0.4, 0.5) is 0 Å². The summed E-state index contributed by atoms with van der Waals surface area (Å²) in [5.41, 5.74) is 1.62. The highest BCUT2D eigenvalue weighted by Gasteiger charge is 2.24. The molecule has 2 aromatic heterocycles. The van der Waals surface area contributed by atoms with E-state index in [4.69, 9.17) is 4.52 Å². The first-order chi connectivity index (χ1) is 6.93. The van der Waals surface area contributed by atoms with Crippen LogP contribution in [0.1, 0.15) is 30.9 Å². The Labute approximate surface area is 85.1 Å². The zero-order valence-corrected chi connectivity index (χ0v) is 8.33. The number of aromatic nitrogens is 3. The molecule has 0 saturated heterocycles. The summed E-state index contributed by atoms with van der Waals surface area (Å²) in [5.74, 6) is 1.59. The van der Waals surface area contributed by atoms with Gasteiger partial charge < -0.3 is 4.52 Å². The van der Waals surface area contributed by atoms with Crippen molar-refractivity contribution in [3.63, 3.8) is 0 Å². The first-order valence-corrected chi connectivity index (χ1v) is 5.51. The highest BCUT2D eigenvalue weighted by molar-refractivity contribution is 7.03. The summed E-state index contributed by atoms with van der Waals surface area (Å²) in [6, 6.07) is 1.99. The minimum atomic E-state index is 0.586. The fraction of sp³-hybridized carbons (Fsp3) is 0.444. The average molecular weight is 207 g/mol. The van der Waals surface area contributed by atoms with Crippen molar-refractivity contribution in [1.29, 1.82) is 0 Å². The minimum absolute atomic E-state index is 0.586. The van der Waals surface area contributed by atoms with Gasteiger partial charge in [-0.3, -0.25) is 0 Å². The van der Waals surface area contributed by atoms with Crippen molar-refractivity contribution in [2.45, 2.75) is 25.2 Å². The fourth-order valence-corrected chi connectivity index (χ4v) is 2.02. The van der Waals surface area contributed by atoms with Crippen molar-refractivity contribution in [3.8, 4) is 11.4 Å². The van der Waals surface area contributed by atoms with Crippen LogP contribution in [-0.2, 0) is 0 Å². The predicted molar refractivity (Wildman–Crippen MR) is 52.0 cm³/mol. The van der Waals surface area contributed by atoms with E-state index in [-0.39, 0.29) is 0 Å². The summed E-state index contributed by atoms with van der Waals surface area (Å²) in [6.45, 7) is 0. The largest absolute Gasteiger partial charge is 0.360 e. The Kier molecular flexibility index (Phi) is 1.83. The standard InChI is InChI=1S/C9H9N3OS/c1-2-6(3-1)9-4-7(11-13-9)8-5-14-12-10-8/h4-6H,1-3H2. The van der Waals surface area contributed by atoms with Crippen LogP contribution in [0, 0.1) is 0 Å². The van der Waals surface area contributed by atoms with E-state index < -0.39 is 0 Å². The van der Waals surface area contributed by atoms with Gasteiger partial charge >= 0.3 is 0 Å². The molecule has 1 aliphatic rings.